The molecule has 1 amide bonds. The predicted molar refractivity (Wildman–Crippen MR) is 83.7 cm³/mol. The van der Waals surface area contributed by atoms with Crippen molar-refractivity contribution in [2.45, 2.75) is 52.1 Å². The summed E-state index contributed by atoms with van der Waals surface area (Å²) in [6, 6.07) is 6.60. The number of carbonyl (C=O) groups excluding carboxylic acids is 1. The van der Waals surface area contributed by atoms with E-state index < -0.39 is 0 Å². The van der Waals surface area contributed by atoms with Gasteiger partial charge in [-0.25, -0.2) is 0 Å². The number of anilines is 2. The molecule has 0 aliphatic carbocycles. The molecule has 0 saturated carbocycles. The molecule has 0 spiro atoms. The summed E-state index contributed by atoms with van der Waals surface area (Å²) < 4.78 is 0. The zero-order chi connectivity index (χ0) is 14.7. The van der Waals surface area contributed by atoms with Crippen LogP contribution in [-0.2, 0) is 4.79 Å². The van der Waals surface area contributed by atoms with E-state index in [2.05, 4.69) is 24.1 Å². The number of benzene rings is 1. The number of rotatable bonds is 3. The van der Waals surface area contributed by atoms with Crippen LogP contribution in [0.5, 0.6) is 0 Å². The number of aryl methyl sites for hydroxylation is 1. The van der Waals surface area contributed by atoms with E-state index in [4.69, 9.17) is 5.73 Å². The van der Waals surface area contributed by atoms with Crippen molar-refractivity contribution in [3.05, 3.63) is 23.8 Å². The zero-order valence-corrected chi connectivity index (χ0v) is 12.6. The lowest BCUT2D eigenvalue weighted by molar-refractivity contribution is -0.118. The van der Waals surface area contributed by atoms with Gasteiger partial charge in [-0.1, -0.05) is 12.5 Å². The first-order valence-electron chi connectivity index (χ1n) is 7.39. The number of hydrogen-bond acceptors (Lipinski definition) is 3. The smallest absolute Gasteiger partial charge is 0.238 e. The largest absolute Gasteiger partial charge is 0.398 e. The second-order valence-corrected chi connectivity index (χ2v) is 5.92. The van der Waals surface area contributed by atoms with Crippen molar-refractivity contribution in [3.63, 3.8) is 0 Å². The molecule has 0 bridgehead atoms. The lowest BCUT2D eigenvalue weighted by Crippen LogP contribution is -2.47. The van der Waals surface area contributed by atoms with Crippen molar-refractivity contribution in [1.29, 1.82) is 0 Å². The van der Waals surface area contributed by atoms with Crippen LogP contribution in [0.1, 0.15) is 38.7 Å². The first-order valence-corrected chi connectivity index (χ1v) is 7.39. The molecule has 2 rings (SSSR count). The standard InChI is InChI=1S/C16H25N3O/c1-11-7-8-14(9-15(11)17)18-16(20)10-19-12(2)5-4-6-13(19)3/h7-9,12-13H,4-6,10,17H2,1-3H3,(H,18,20). The summed E-state index contributed by atoms with van der Waals surface area (Å²) in [6.07, 6.45) is 3.61. The lowest BCUT2D eigenvalue weighted by atomic mass is 9.97. The van der Waals surface area contributed by atoms with Gasteiger partial charge in [-0.15, -0.1) is 0 Å². The molecule has 1 heterocycles. The summed E-state index contributed by atoms with van der Waals surface area (Å²) >= 11 is 0. The van der Waals surface area contributed by atoms with Gasteiger partial charge in [-0.2, -0.15) is 0 Å². The van der Waals surface area contributed by atoms with E-state index >= 15 is 0 Å². The maximum absolute atomic E-state index is 12.2. The Labute approximate surface area is 121 Å². The van der Waals surface area contributed by atoms with E-state index in [1.165, 1.54) is 19.3 Å². The van der Waals surface area contributed by atoms with E-state index in [0.717, 1.165) is 11.3 Å². The molecular formula is C16H25N3O. The van der Waals surface area contributed by atoms with E-state index in [-0.39, 0.29) is 5.91 Å². The fourth-order valence-electron chi connectivity index (χ4n) is 2.87. The molecule has 1 aliphatic rings. The Bertz CT molecular complexity index is 477. The summed E-state index contributed by atoms with van der Waals surface area (Å²) in [4.78, 5) is 14.5. The molecule has 1 saturated heterocycles. The molecule has 2 unspecified atom stereocenters. The molecule has 3 N–H and O–H groups in total. The van der Waals surface area contributed by atoms with Crippen LogP contribution in [0, 0.1) is 6.92 Å². The Morgan fingerprint density at radius 3 is 2.60 bits per heavy atom. The number of nitrogens with two attached hydrogens (primary N) is 1. The average Bonchev–Trinajstić information content (AvgIpc) is 2.38. The maximum atomic E-state index is 12.2. The molecule has 110 valence electrons. The lowest BCUT2D eigenvalue weighted by Gasteiger charge is -2.38. The second-order valence-electron chi connectivity index (χ2n) is 5.92. The summed E-state index contributed by atoms with van der Waals surface area (Å²) in [7, 11) is 0. The number of nitrogens with zero attached hydrogens (tertiary/aromatic N) is 1. The highest BCUT2D eigenvalue weighted by Crippen LogP contribution is 2.22. The van der Waals surface area contributed by atoms with Gasteiger partial charge in [0.05, 0.1) is 6.54 Å². The van der Waals surface area contributed by atoms with Crippen LogP contribution in [0.2, 0.25) is 0 Å². The van der Waals surface area contributed by atoms with Crippen molar-refractivity contribution < 1.29 is 4.79 Å². The van der Waals surface area contributed by atoms with Gasteiger partial charge in [-0.05, 0) is 51.3 Å². The van der Waals surface area contributed by atoms with Crippen LogP contribution in [0.4, 0.5) is 11.4 Å². The highest BCUT2D eigenvalue weighted by Gasteiger charge is 2.26. The van der Waals surface area contributed by atoms with E-state index in [0.29, 0.717) is 24.3 Å². The van der Waals surface area contributed by atoms with E-state index in [1.54, 1.807) is 0 Å². The molecule has 1 fully saturated rings. The molecule has 1 aliphatic heterocycles. The van der Waals surface area contributed by atoms with Gasteiger partial charge >= 0.3 is 0 Å². The number of amides is 1. The third kappa shape index (κ3) is 3.51. The topological polar surface area (TPSA) is 58.4 Å². The fraction of sp³-hybridized carbons (Fsp3) is 0.562. The minimum absolute atomic E-state index is 0.0360. The Balaban J connectivity index is 1.96. The molecule has 0 aromatic heterocycles. The zero-order valence-electron chi connectivity index (χ0n) is 12.6. The minimum Gasteiger partial charge on any atom is -0.398 e. The summed E-state index contributed by atoms with van der Waals surface area (Å²) in [6.45, 7) is 6.81. The molecule has 2 atom stereocenters. The van der Waals surface area contributed by atoms with Crippen LogP contribution in [-0.4, -0.2) is 29.4 Å². The third-order valence-electron chi connectivity index (χ3n) is 4.27. The summed E-state index contributed by atoms with van der Waals surface area (Å²) in [5, 5.41) is 2.94. The SMILES string of the molecule is Cc1ccc(NC(=O)CN2C(C)CCCC2C)cc1N. The minimum atomic E-state index is 0.0360. The van der Waals surface area contributed by atoms with Gasteiger partial charge in [0.1, 0.15) is 0 Å². The number of piperidine rings is 1. The second kappa shape index (κ2) is 6.27. The van der Waals surface area contributed by atoms with Gasteiger partial charge in [0.25, 0.3) is 0 Å². The van der Waals surface area contributed by atoms with E-state index in [9.17, 15) is 4.79 Å². The summed E-state index contributed by atoms with van der Waals surface area (Å²) in [5.74, 6) is 0.0360. The number of carbonyl (C=O) groups is 1. The van der Waals surface area contributed by atoms with Gasteiger partial charge in [0, 0.05) is 23.5 Å². The fourth-order valence-corrected chi connectivity index (χ4v) is 2.87. The molecule has 20 heavy (non-hydrogen) atoms. The maximum Gasteiger partial charge on any atom is 0.238 e. The first-order chi connectivity index (χ1) is 9.47. The Morgan fingerprint density at radius 2 is 2.00 bits per heavy atom. The third-order valence-corrected chi connectivity index (χ3v) is 4.27. The monoisotopic (exact) mass is 275 g/mol. The highest BCUT2D eigenvalue weighted by atomic mass is 16.2. The molecule has 1 aromatic rings. The van der Waals surface area contributed by atoms with Crippen molar-refractivity contribution >= 4 is 17.3 Å². The predicted octanol–water partition coefficient (Wildman–Crippen LogP) is 2.78. The van der Waals surface area contributed by atoms with Gasteiger partial charge in [0.2, 0.25) is 5.91 Å². The van der Waals surface area contributed by atoms with E-state index in [1.807, 2.05) is 25.1 Å². The van der Waals surface area contributed by atoms with Crippen LogP contribution >= 0.6 is 0 Å². The Morgan fingerprint density at radius 1 is 1.35 bits per heavy atom. The van der Waals surface area contributed by atoms with Crippen LogP contribution in [0.15, 0.2) is 18.2 Å². The van der Waals surface area contributed by atoms with Gasteiger partial charge < -0.3 is 11.1 Å². The van der Waals surface area contributed by atoms with Crippen molar-refractivity contribution in [3.8, 4) is 0 Å². The first kappa shape index (κ1) is 14.9. The molecule has 1 aromatic carbocycles. The average molecular weight is 275 g/mol. The van der Waals surface area contributed by atoms with Crippen molar-refractivity contribution in [2.24, 2.45) is 0 Å². The molecule has 0 radical (unpaired) electrons. The number of nitrogens with one attached hydrogen (secondary N) is 1. The van der Waals surface area contributed by atoms with Gasteiger partial charge in [0.15, 0.2) is 0 Å². The summed E-state index contributed by atoms with van der Waals surface area (Å²) in [5.41, 5.74) is 8.38. The quantitative estimate of drug-likeness (QED) is 0.834. The van der Waals surface area contributed by atoms with Crippen LogP contribution < -0.4 is 11.1 Å². The Kier molecular flexibility index (Phi) is 4.65. The number of nitrogen functional groups attached to an aromatic ring is 1. The van der Waals surface area contributed by atoms with Crippen LogP contribution in [0.3, 0.4) is 0 Å². The van der Waals surface area contributed by atoms with Gasteiger partial charge in [-0.3, -0.25) is 9.69 Å². The molecular weight excluding hydrogens is 250 g/mol. The number of hydrogen-bond donors (Lipinski definition) is 2. The highest BCUT2D eigenvalue weighted by molar-refractivity contribution is 5.92. The van der Waals surface area contributed by atoms with Crippen molar-refractivity contribution in [2.75, 3.05) is 17.6 Å². The number of likely N-dealkylation sites (tertiary alicyclic amines) is 1. The van der Waals surface area contributed by atoms with Crippen LogP contribution in [0.25, 0.3) is 0 Å². The molecule has 4 heteroatoms. The van der Waals surface area contributed by atoms with Crippen molar-refractivity contribution in [1.82, 2.24) is 4.90 Å². The Hall–Kier alpha value is -1.55. The normalized spacial score (nSPS) is 23.6. The molecule has 4 nitrogen and oxygen atoms in total.